The number of carbonyl (C=O) groups excluding carboxylic acids is 1. The SMILES string of the molecule is CCN(CC1CC1)C(CN)CC(N)=O. The largest absolute Gasteiger partial charge is 0.370 e. The van der Waals surface area contributed by atoms with Gasteiger partial charge < -0.3 is 11.5 Å². The van der Waals surface area contributed by atoms with Crippen molar-refractivity contribution in [3.8, 4) is 0 Å². The highest BCUT2D eigenvalue weighted by molar-refractivity contribution is 5.74. The molecular formula is C10H21N3O. The van der Waals surface area contributed by atoms with Crippen molar-refractivity contribution >= 4 is 5.91 Å². The van der Waals surface area contributed by atoms with Gasteiger partial charge in [-0.25, -0.2) is 0 Å². The Labute approximate surface area is 85.6 Å². The molecule has 82 valence electrons. The van der Waals surface area contributed by atoms with Crippen LogP contribution >= 0.6 is 0 Å². The van der Waals surface area contributed by atoms with Crippen LogP contribution in [0.2, 0.25) is 0 Å². The van der Waals surface area contributed by atoms with E-state index >= 15 is 0 Å². The Bertz CT molecular complexity index is 192. The fourth-order valence-corrected chi connectivity index (χ4v) is 1.76. The van der Waals surface area contributed by atoms with Gasteiger partial charge in [0, 0.05) is 25.6 Å². The van der Waals surface area contributed by atoms with Gasteiger partial charge in [0.25, 0.3) is 0 Å². The second kappa shape index (κ2) is 5.32. The zero-order valence-electron chi connectivity index (χ0n) is 8.91. The van der Waals surface area contributed by atoms with E-state index in [-0.39, 0.29) is 11.9 Å². The van der Waals surface area contributed by atoms with Gasteiger partial charge in [0.15, 0.2) is 0 Å². The molecule has 0 bridgehead atoms. The Balaban J connectivity index is 2.39. The van der Waals surface area contributed by atoms with Crippen LogP contribution in [0.3, 0.4) is 0 Å². The Kier molecular flexibility index (Phi) is 4.35. The van der Waals surface area contributed by atoms with E-state index in [0.717, 1.165) is 19.0 Å². The van der Waals surface area contributed by atoms with Crippen LogP contribution in [0.1, 0.15) is 26.2 Å². The van der Waals surface area contributed by atoms with Crippen molar-refractivity contribution in [1.82, 2.24) is 4.90 Å². The molecule has 0 spiro atoms. The lowest BCUT2D eigenvalue weighted by atomic mass is 10.1. The minimum Gasteiger partial charge on any atom is -0.370 e. The van der Waals surface area contributed by atoms with Crippen molar-refractivity contribution in [3.63, 3.8) is 0 Å². The molecule has 0 aromatic carbocycles. The molecule has 1 aliphatic rings. The van der Waals surface area contributed by atoms with Crippen molar-refractivity contribution in [3.05, 3.63) is 0 Å². The first-order chi connectivity index (χ1) is 6.67. The molecule has 0 aliphatic heterocycles. The van der Waals surface area contributed by atoms with Crippen LogP contribution in [0.15, 0.2) is 0 Å². The van der Waals surface area contributed by atoms with Crippen LogP contribution in [0.5, 0.6) is 0 Å². The summed E-state index contributed by atoms with van der Waals surface area (Å²) in [7, 11) is 0. The lowest BCUT2D eigenvalue weighted by Crippen LogP contribution is -2.44. The third-order valence-electron chi connectivity index (χ3n) is 2.82. The maximum absolute atomic E-state index is 10.8. The summed E-state index contributed by atoms with van der Waals surface area (Å²) in [5, 5.41) is 0. The average Bonchev–Trinajstić information content (AvgIpc) is 2.94. The van der Waals surface area contributed by atoms with E-state index < -0.39 is 0 Å². The number of hydrogen-bond acceptors (Lipinski definition) is 3. The van der Waals surface area contributed by atoms with Gasteiger partial charge in [0.2, 0.25) is 5.91 Å². The van der Waals surface area contributed by atoms with Crippen molar-refractivity contribution < 1.29 is 4.79 Å². The second-order valence-electron chi connectivity index (χ2n) is 4.09. The van der Waals surface area contributed by atoms with E-state index in [0.29, 0.717) is 13.0 Å². The van der Waals surface area contributed by atoms with Gasteiger partial charge in [-0.15, -0.1) is 0 Å². The minimum absolute atomic E-state index is 0.137. The van der Waals surface area contributed by atoms with E-state index in [1.54, 1.807) is 0 Å². The number of nitrogens with two attached hydrogens (primary N) is 2. The molecule has 1 saturated carbocycles. The molecular weight excluding hydrogens is 178 g/mol. The molecule has 0 aromatic heterocycles. The number of rotatable bonds is 7. The number of nitrogens with zero attached hydrogens (tertiary/aromatic N) is 1. The van der Waals surface area contributed by atoms with Gasteiger partial charge in [-0.3, -0.25) is 9.69 Å². The Morgan fingerprint density at radius 2 is 2.21 bits per heavy atom. The van der Waals surface area contributed by atoms with Crippen LogP contribution in [-0.2, 0) is 4.79 Å². The lowest BCUT2D eigenvalue weighted by Gasteiger charge is -2.28. The molecule has 1 rings (SSSR count). The van der Waals surface area contributed by atoms with Gasteiger partial charge in [-0.2, -0.15) is 0 Å². The predicted octanol–water partition coefficient (Wildman–Crippen LogP) is -0.0790. The van der Waals surface area contributed by atoms with E-state index in [1.165, 1.54) is 12.8 Å². The standard InChI is InChI=1S/C10H21N3O/c1-2-13(7-8-3-4-8)9(6-11)5-10(12)14/h8-9H,2-7,11H2,1H3,(H2,12,14). The number of amides is 1. The average molecular weight is 199 g/mol. The van der Waals surface area contributed by atoms with Crippen molar-refractivity contribution in [2.75, 3.05) is 19.6 Å². The monoisotopic (exact) mass is 199 g/mol. The Morgan fingerprint density at radius 3 is 2.57 bits per heavy atom. The Morgan fingerprint density at radius 1 is 1.57 bits per heavy atom. The summed E-state index contributed by atoms with van der Waals surface area (Å²) >= 11 is 0. The molecule has 0 heterocycles. The van der Waals surface area contributed by atoms with Crippen LogP contribution in [0.25, 0.3) is 0 Å². The highest BCUT2D eigenvalue weighted by Gasteiger charge is 2.27. The first kappa shape index (κ1) is 11.5. The molecule has 0 radical (unpaired) electrons. The van der Waals surface area contributed by atoms with Crippen LogP contribution in [-0.4, -0.2) is 36.5 Å². The molecule has 0 saturated heterocycles. The first-order valence-corrected chi connectivity index (χ1v) is 5.39. The number of carbonyl (C=O) groups is 1. The molecule has 14 heavy (non-hydrogen) atoms. The molecule has 4 heteroatoms. The topological polar surface area (TPSA) is 72.3 Å². The van der Waals surface area contributed by atoms with Gasteiger partial charge in [0.05, 0.1) is 0 Å². The quantitative estimate of drug-likeness (QED) is 0.602. The number of likely N-dealkylation sites (N-methyl/N-ethyl adjacent to an activating group) is 1. The maximum atomic E-state index is 10.8. The number of hydrogen-bond donors (Lipinski definition) is 2. The van der Waals surface area contributed by atoms with Gasteiger partial charge in [-0.05, 0) is 25.3 Å². The normalized spacial score (nSPS) is 18.5. The molecule has 1 unspecified atom stereocenters. The fourth-order valence-electron chi connectivity index (χ4n) is 1.76. The maximum Gasteiger partial charge on any atom is 0.219 e. The Hall–Kier alpha value is -0.610. The van der Waals surface area contributed by atoms with Crippen LogP contribution < -0.4 is 11.5 Å². The third-order valence-corrected chi connectivity index (χ3v) is 2.82. The van der Waals surface area contributed by atoms with E-state index in [2.05, 4.69) is 11.8 Å². The van der Waals surface area contributed by atoms with Crippen molar-refractivity contribution in [2.24, 2.45) is 17.4 Å². The second-order valence-corrected chi connectivity index (χ2v) is 4.09. The van der Waals surface area contributed by atoms with E-state index in [4.69, 9.17) is 11.5 Å². The van der Waals surface area contributed by atoms with Gasteiger partial charge >= 0.3 is 0 Å². The zero-order chi connectivity index (χ0) is 10.6. The van der Waals surface area contributed by atoms with Gasteiger partial charge in [-0.1, -0.05) is 6.92 Å². The summed E-state index contributed by atoms with van der Waals surface area (Å²) < 4.78 is 0. The summed E-state index contributed by atoms with van der Waals surface area (Å²) in [6, 6.07) is 0.137. The minimum atomic E-state index is -0.255. The smallest absolute Gasteiger partial charge is 0.219 e. The summed E-state index contributed by atoms with van der Waals surface area (Å²) in [6.07, 6.45) is 3.03. The molecule has 4 N–H and O–H groups in total. The molecule has 1 atom stereocenters. The highest BCUT2D eigenvalue weighted by Crippen LogP contribution is 2.30. The molecule has 1 aliphatic carbocycles. The van der Waals surface area contributed by atoms with Crippen LogP contribution in [0, 0.1) is 5.92 Å². The summed E-state index contributed by atoms with van der Waals surface area (Å²) in [4.78, 5) is 13.1. The molecule has 1 amide bonds. The zero-order valence-corrected chi connectivity index (χ0v) is 8.91. The molecule has 0 aromatic rings. The summed E-state index contributed by atoms with van der Waals surface area (Å²) in [5.41, 5.74) is 10.8. The lowest BCUT2D eigenvalue weighted by molar-refractivity contribution is -0.119. The highest BCUT2D eigenvalue weighted by atomic mass is 16.1. The molecule has 4 nitrogen and oxygen atoms in total. The predicted molar refractivity (Wildman–Crippen MR) is 56.6 cm³/mol. The third kappa shape index (κ3) is 3.64. The van der Waals surface area contributed by atoms with E-state index in [1.807, 2.05) is 0 Å². The summed E-state index contributed by atoms with van der Waals surface area (Å²) in [5.74, 6) is 0.576. The summed E-state index contributed by atoms with van der Waals surface area (Å²) in [6.45, 7) is 4.65. The van der Waals surface area contributed by atoms with Crippen molar-refractivity contribution in [1.29, 1.82) is 0 Å². The molecule has 1 fully saturated rings. The number of primary amides is 1. The van der Waals surface area contributed by atoms with Crippen LogP contribution in [0.4, 0.5) is 0 Å². The van der Waals surface area contributed by atoms with E-state index in [9.17, 15) is 4.79 Å². The first-order valence-electron chi connectivity index (χ1n) is 5.39. The van der Waals surface area contributed by atoms with Gasteiger partial charge in [0.1, 0.15) is 0 Å². The fraction of sp³-hybridized carbons (Fsp3) is 0.900. The van der Waals surface area contributed by atoms with Crippen molar-refractivity contribution in [2.45, 2.75) is 32.2 Å².